The monoisotopic (exact) mass is 438 g/mol. The van der Waals surface area contributed by atoms with E-state index in [1.54, 1.807) is 7.05 Å². The molecule has 2 N–H and O–H groups in total. The molecule has 5 heteroatoms. The van der Waals surface area contributed by atoms with Crippen molar-refractivity contribution in [2.45, 2.75) is 62.7 Å². The Morgan fingerprint density at radius 1 is 0.935 bits per heavy atom. The van der Waals surface area contributed by atoms with Crippen molar-refractivity contribution in [3.63, 3.8) is 0 Å². The van der Waals surface area contributed by atoms with Crippen LogP contribution in [0.5, 0.6) is 0 Å². The van der Waals surface area contributed by atoms with Crippen LogP contribution in [-0.4, -0.2) is 30.2 Å². The number of hydrogen-bond donors (Lipinski definition) is 3. The van der Waals surface area contributed by atoms with Gasteiger partial charge in [-0.1, -0.05) is 79.9 Å². The highest BCUT2D eigenvalue weighted by molar-refractivity contribution is 7.81. The van der Waals surface area contributed by atoms with Crippen molar-refractivity contribution in [2.24, 2.45) is 5.41 Å². The number of aryl methyl sites for hydroxylation is 1. The number of rotatable bonds is 9. The molecule has 0 bridgehead atoms. The zero-order chi connectivity index (χ0) is 22.1. The van der Waals surface area contributed by atoms with E-state index >= 15 is 0 Å². The van der Waals surface area contributed by atoms with Crippen molar-refractivity contribution in [3.8, 4) is 0 Å². The molecule has 166 valence electrons. The molecule has 0 heterocycles. The normalized spacial score (nSPS) is 17.4. The van der Waals surface area contributed by atoms with Gasteiger partial charge in [-0.3, -0.25) is 9.59 Å². The van der Waals surface area contributed by atoms with E-state index in [1.807, 2.05) is 48.5 Å². The number of likely N-dealkylation sites (N-methyl/N-ethyl adjacent to an activating group) is 1. The van der Waals surface area contributed by atoms with Crippen molar-refractivity contribution in [1.82, 2.24) is 10.6 Å². The SMILES string of the molecule is CNC(=O)C(Cc1ccccc1)NC(=O)C1([C@@H](S)CCc2ccccc2)CCCCC1. The standard InChI is InChI=1S/C26H34N2O2S/c1-27-24(29)22(19-21-13-7-3-8-14-21)28-25(30)26(17-9-4-10-18-26)23(31)16-15-20-11-5-2-6-12-20/h2-3,5-8,11-14,22-23,31H,4,9-10,15-19H2,1H3,(H,27,29)(H,28,30)/t22?,23-/m0/s1. The van der Waals surface area contributed by atoms with E-state index in [0.29, 0.717) is 6.42 Å². The first-order valence-corrected chi connectivity index (χ1v) is 11.9. The lowest BCUT2D eigenvalue weighted by Gasteiger charge is -2.41. The van der Waals surface area contributed by atoms with Crippen molar-refractivity contribution >= 4 is 24.4 Å². The lowest BCUT2D eigenvalue weighted by molar-refractivity contribution is -0.137. The fourth-order valence-corrected chi connectivity index (χ4v) is 5.16. The smallest absolute Gasteiger partial charge is 0.242 e. The van der Waals surface area contributed by atoms with Crippen LogP contribution in [0.3, 0.4) is 0 Å². The fourth-order valence-electron chi connectivity index (χ4n) is 4.65. The Labute approximate surface area is 191 Å². The molecule has 1 aliphatic rings. The quantitative estimate of drug-likeness (QED) is 0.510. The largest absolute Gasteiger partial charge is 0.357 e. The van der Waals surface area contributed by atoms with Gasteiger partial charge in [0.1, 0.15) is 6.04 Å². The highest BCUT2D eigenvalue weighted by Gasteiger charge is 2.45. The molecule has 31 heavy (non-hydrogen) atoms. The molecule has 2 atom stereocenters. The highest BCUT2D eigenvalue weighted by Crippen LogP contribution is 2.43. The van der Waals surface area contributed by atoms with E-state index < -0.39 is 11.5 Å². The summed E-state index contributed by atoms with van der Waals surface area (Å²) in [5.74, 6) is -0.187. The van der Waals surface area contributed by atoms with E-state index in [-0.39, 0.29) is 17.1 Å². The summed E-state index contributed by atoms with van der Waals surface area (Å²) >= 11 is 4.96. The minimum Gasteiger partial charge on any atom is -0.357 e. The van der Waals surface area contributed by atoms with Crippen LogP contribution in [0.15, 0.2) is 60.7 Å². The number of carbonyl (C=O) groups is 2. The number of thiol groups is 1. The molecule has 1 unspecified atom stereocenters. The van der Waals surface area contributed by atoms with Crippen LogP contribution >= 0.6 is 12.6 Å². The van der Waals surface area contributed by atoms with Gasteiger partial charge < -0.3 is 10.6 Å². The molecular weight excluding hydrogens is 404 g/mol. The number of hydrogen-bond acceptors (Lipinski definition) is 3. The molecule has 0 saturated heterocycles. The predicted octanol–water partition coefficient (Wildman–Crippen LogP) is 4.34. The van der Waals surface area contributed by atoms with Crippen LogP contribution in [0.25, 0.3) is 0 Å². The summed E-state index contributed by atoms with van der Waals surface area (Å²) in [6.45, 7) is 0. The van der Waals surface area contributed by atoms with Gasteiger partial charge in [0.2, 0.25) is 11.8 Å². The van der Waals surface area contributed by atoms with Gasteiger partial charge in [0, 0.05) is 18.7 Å². The molecule has 1 aliphatic carbocycles. The van der Waals surface area contributed by atoms with Crippen LogP contribution < -0.4 is 10.6 Å². The Morgan fingerprint density at radius 2 is 1.52 bits per heavy atom. The first-order chi connectivity index (χ1) is 15.0. The third kappa shape index (κ3) is 6.13. The van der Waals surface area contributed by atoms with Gasteiger partial charge in [0.25, 0.3) is 0 Å². The Morgan fingerprint density at radius 3 is 2.10 bits per heavy atom. The second-order valence-corrected chi connectivity index (χ2v) is 9.21. The molecular formula is C26H34N2O2S. The van der Waals surface area contributed by atoms with Gasteiger partial charge in [-0.2, -0.15) is 12.6 Å². The average Bonchev–Trinajstić information content (AvgIpc) is 2.83. The molecule has 0 radical (unpaired) electrons. The van der Waals surface area contributed by atoms with E-state index in [2.05, 4.69) is 22.8 Å². The van der Waals surface area contributed by atoms with Crippen LogP contribution in [0.4, 0.5) is 0 Å². The van der Waals surface area contributed by atoms with Crippen LogP contribution in [0.2, 0.25) is 0 Å². The maximum Gasteiger partial charge on any atom is 0.242 e. The molecule has 3 rings (SSSR count). The van der Waals surface area contributed by atoms with E-state index in [0.717, 1.165) is 50.5 Å². The second-order valence-electron chi connectivity index (χ2n) is 8.59. The highest BCUT2D eigenvalue weighted by atomic mass is 32.1. The van der Waals surface area contributed by atoms with E-state index in [1.165, 1.54) is 5.56 Å². The molecule has 1 fully saturated rings. The van der Waals surface area contributed by atoms with E-state index in [4.69, 9.17) is 12.6 Å². The molecule has 0 spiro atoms. The summed E-state index contributed by atoms with van der Waals surface area (Å²) in [7, 11) is 1.62. The zero-order valence-corrected chi connectivity index (χ0v) is 19.2. The molecule has 0 aliphatic heterocycles. The third-order valence-corrected chi connectivity index (χ3v) is 7.29. The lowest BCUT2D eigenvalue weighted by Crippen LogP contribution is -2.55. The second kappa shape index (κ2) is 11.4. The van der Waals surface area contributed by atoms with E-state index in [9.17, 15) is 9.59 Å². The van der Waals surface area contributed by atoms with Crippen molar-refractivity contribution < 1.29 is 9.59 Å². The zero-order valence-electron chi connectivity index (χ0n) is 18.3. The average molecular weight is 439 g/mol. The number of amides is 2. The topological polar surface area (TPSA) is 58.2 Å². The van der Waals surface area contributed by atoms with Gasteiger partial charge in [0.15, 0.2) is 0 Å². The predicted molar refractivity (Wildman–Crippen MR) is 129 cm³/mol. The Bertz CT molecular complexity index is 835. The number of nitrogens with one attached hydrogen (secondary N) is 2. The van der Waals surface area contributed by atoms with Gasteiger partial charge >= 0.3 is 0 Å². The summed E-state index contributed by atoms with van der Waals surface area (Å²) in [5, 5.41) is 5.77. The Kier molecular flexibility index (Phi) is 8.59. The van der Waals surface area contributed by atoms with Crippen LogP contribution in [0, 0.1) is 5.41 Å². The van der Waals surface area contributed by atoms with Gasteiger partial charge in [-0.15, -0.1) is 0 Å². The molecule has 0 aromatic heterocycles. The maximum absolute atomic E-state index is 13.7. The molecule has 2 amide bonds. The van der Waals surface area contributed by atoms with Crippen molar-refractivity contribution in [3.05, 3.63) is 71.8 Å². The van der Waals surface area contributed by atoms with Crippen molar-refractivity contribution in [1.29, 1.82) is 0 Å². The summed E-state index contributed by atoms with van der Waals surface area (Å²) in [6, 6.07) is 19.6. The summed E-state index contributed by atoms with van der Waals surface area (Å²) in [4.78, 5) is 26.2. The maximum atomic E-state index is 13.7. The first-order valence-electron chi connectivity index (χ1n) is 11.3. The first kappa shape index (κ1) is 23.4. The third-order valence-electron chi connectivity index (χ3n) is 6.54. The van der Waals surface area contributed by atoms with Gasteiger partial charge in [-0.25, -0.2) is 0 Å². The Hall–Kier alpha value is -2.27. The summed E-state index contributed by atoms with van der Waals surface area (Å²) in [6.07, 6.45) is 7.07. The molecule has 2 aromatic rings. The van der Waals surface area contributed by atoms with Crippen LogP contribution in [-0.2, 0) is 22.4 Å². The Balaban J connectivity index is 1.74. The lowest BCUT2D eigenvalue weighted by atomic mass is 9.69. The molecule has 2 aromatic carbocycles. The minimum atomic E-state index is -0.589. The molecule has 1 saturated carbocycles. The fraction of sp³-hybridized carbons (Fsp3) is 0.462. The molecule has 4 nitrogen and oxygen atoms in total. The van der Waals surface area contributed by atoms with Crippen LogP contribution in [0.1, 0.15) is 49.7 Å². The number of carbonyl (C=O) groups excluding carboxylic acids is 2. The van der Waals surface area contributed by atoms with Crippen molar-refractivity contribution in [2.75, 3.05) is 7.05 Å². The van der Waals surface area contributed by atoms with Gasteiger partial charge in [-0.05, 0) is 36.8 Å². The minimum absolute atomic E-state index is 0.0233. The summed E-state index contributed by atoms with van der Waals surface area (Å²) in [5.41, 5.74) is 1.76. The summed E-state index contributed by atoms with van der Waals surface area (Å²) < 4.78 is 0. The van der Waals surface area contributed by atoms with Gasteiger partial charge in [0.05, 0.1) is 5.41 Å². The number of benzene rings is 2.